The van der Waals surface area contributed by atoms with E-state index >= 15 is 0 Å². The smallest absolute Gasteiger partial charge is 0.339 e. The Bertz CT molecular complexity index is 836. The molecule has 8 heteroatoms. The lowest BCUT2D eigenvalue weighted by atomic mass is 10.2. The average molecular weight is 370 g/mol. The van der Waals surface area contributed by atoms with E-state index in [9.17, 15) is 9.59 Å². The molecule has 0 spiro atoms. The number of amides is 1. The van der Waals surface area contributed by atoms with Crippen LogP contribution in [0.4, 0.5) is 0 Å². The number of aryl methyl sites for hydroxylation is 1. The molecule has 0 aliphatic carbocycles. The number of nitrogens with zero attached hydrogens (tertiary/aromatic N) is 6. The number of fused-ring (bicyclic) bond motifs is 1. The summed E-state index contributed by atoms with van der Waals surface area (Å²) in [5, 5.41) is 4.42. The van der Waals surface area contributed by atoms with Gasteiger partial charge in [-0.25, -0.2) is 9.48 Å². The summed E-state index contributed by atoms with van der Waals surface area (Å²) in [7, 11) is 0. The quantitative estimate of drug-likeness (QED) is 0.784. The fourth-order valence-corrected chi connectivity index (χ4v) is 3.86. The van der Waals surface area contributed by atoms with Crippen molar-refractivity contribution in [3.63, 3.8) is 0 Å². The molecule has 8 nitrogen and oxygen atoms in total. The van der Waals surface area contributed by atoms with Crippen LogP contribution in [0.5, 0.6) is 0 Å². The van der Waals surface area contributed by atoms with E-state index in [0.29, 0.717) is 13.1 Å². The van der Waals surface area contributed by atoms with Crippen LogP contribution in [0.25, 0.3) is 0 Å². The molecule has 2 aromatic heterocycles. The molecule has 2 aliphatic rings. The molecule has 2 aromatic rings. The Labute approximate surface area is 158 Å². The minimum absolute atomic E-state index is 0.0195. The van der Waals surface area contributed by atoms with Crippen LogP contribution in [0.3, 0.4) is 0 Å². The molecule has 0 bridgehead atoms. The van der Waals surface area contributed by atoms with Crippen molar-refractivity contribution in [2.45, 2.75) is 45.3 Å². The first-order valence-electron chi connectivity index (χ1n) is 9.76. The van der Waals surface area contributed by atoms with Gasteiger partial charge in [-0.1, -0.05) is 6.42 Å². The van der Waals surface area contributed by atoms with Crippen LogP contribution < -0.4 is 5.69 Å². The molecular formula is C19H26N6O2. The molecule has 1 fully saturated rings. The van der Waals surface area contributed by atoms with Gasteiger partial charge in [0.1, 0.15) is 12.4 Å². The highest BCUT2D eigenvalue weighted by Crippen LogP contribution is 2.11. The fraction of sp³-hybridized carbons (Fsp3) is 0.579. The highest BCUT2D eigenvalue weighted by Gasteiger charge is 2.23. The van der Waals surface area contributed by atoms with E-state index in [4.69, 9.17) is 0 Å². The largest absolute Gasteiger partial charge is 0.346 e. The van der Waals surface area contributed by atoms with Crippen LogP contribution in [0.15, 0.2) is 29.3 Å². The monoisotopic (exact) mass is 370 g/mol. The second-order valence-corrected chi connectivity index (χ2v) is 7.33. The number of aromatic nitrogens is 4. The summed E-state index contributed by atoms with van der Waals surface area (Å²) in [5.41, 5.74) is 1.09. The van der Waals surface area contributed by atoms with Crippen LogP contribution in [0.2, 0.25) is 0 Å². The van der Waals surface area contributed by atoms with Crippen LogP contribution in [0, 0.1) is 0 Å². The first-order chi connectivity index (χ1) is 13.2. The van der Waals surface area contributed by atoms with Gasteiger partial charge in [0.05, 0.1) is 0 Å². The second kappa shape index (κ2) is 8.04. The minimum atomic E-state index is -0.142. The Morgan fingerprint density at radius 1 is 1.00 bits per heavy atom. The predicted molar refractivity (Wildman–Crippen MR) is 100 cm³/mol. The van der Waals surface area contributed by atoms with Crippen LogP contribution in [0.1, 0.15) is 30.7 Å². The Morgan fingerprint density at radius 3 is 2.56 bits per heavy atom. The third kappa shape index (κ3) is 4.10. The molecular weight excluding hydrogens is 344 g/mol. The van der Waals surface area contributed by atoms with Crippen molar-refractivity contribution < 1.29 is 4.79 Å². The maximum Gasteiger partial charge on any atom is 0.346 e. The molecule has 0 unspecified atom stereocenters. The van der Waals surface area contributed by atoms with Crippen molar-refractivity contribution in [2.24, 2.45) is 0 Å². The van der Waals surface area contributed by atoms with Gasteiger partial charge in [-0.05, 0) is 30.5 Å². The summed E-state index contributed by atoms with van der Waals surface area (Å²) in [5.74, 6) is 0.807. The van der Waals surface area contributed by atoms with E-state index < -0.39 is 0 Å². The first kappa shape index (κ1) is 17.9. The van der Waals surface area contributed by atoms with Gasteiger partial charge in [0.15, 0.2) is 0 Å². The van der Waals surface area contributed by atoms with Gasteiger partial charge in [-0.15, -0.1) is 0 Å². The number of rotatable bonds is 4. The minimum Gasteiger partial charge on any atom is -0.339 e. The molecule has 144 valence electrons. The average Bonchev–Trinajstić information content (AvgIpc) is 2.86. The SMILES string of the molecule is O=C(Cn1nc2n(c1=O)CCCCC2)N1CCN(Cc2ccncc2)CC1. The van der Waals surface area contributed by atoms with E-state index in [2.05, 4.69) is 15.0 Å². The lowest BCUT2D eigenvalue weighted by Crippen LogP contribution is -2.49. The molecule has 0 radical (unpaired) electrons. The Kier molecular flexibility index (Phi) is 5.33. The van der Waals surface area contributed by atoms with Gasteiger partial charge in [0.25, 0.3) is 0 Å². The maximum absolute atomic E-state index is 12.7. The molecule has 4 rings (SSSR count). The van der Waals surface area contributed by atoms with E-state index in [1.807, 2.05) is 17.0 Å². The zero-order valence-corrected chi connectivity index (χ0v) is 15.6. The van der Waals surface area contributed by atoms with Crippen molar-refractivity contribution in [1.29, 1.82) is 0 Å². The highest BCUT2D eigenvalue weighted by atomic mass is 16.2. The number of carbonyl (C=O) groups is 1. The van der Waals surface area contributed by atoms with Gasteiger partial charge in [0.2, 0.25) is 5.91 Å². The molecule has 1 amide bonds. The number of hydrogen-bond acceptors (Lipinski definition) is 5. The van der Waals surface area contributed by atoms with Gasteiger partial charge in [-0.2, -0.15) is 5.10 Å². The van der Waals surface area contributed by atoms with Gasteiger partial charge in [0, 0.05) is 58.1 Å². The van der Waals surface area contributed by atoms with Gasteiger partial charge < -0.3 is 4.90 Å². The Balaban J connectivity index is 1.33. The highest BCUT2D eigenvalue weighted by molar-refractivity contribution is 5.76. The molecule has 0 saturated carbocycles. The van der Waals surface area contributed by atoms with Crippen LogP contribution >= 0.6 is 0 Å². The first-order valence-corrected chi connectivity index (χ1v) is 9.76. The molecule has 4 heterocycles. The Hall–Kier alpha value is -2.48. The van der Waals surface area contributed by atoms with Gasteiger partial charge in [-0.3, -0.25) is 19.2 Å². The predicted octanol–water partition coefficient (Wildman–Crippen LogP) is 0.511. The normalized spacial score (nSPS) is 18.1. The standard InChI is InChI=1S/C19H26N6O2/c26-18(15-25-19(27)24-9-3-1-2-4-17(24)21-25)23-12-10-22(11-13-23)14-16-5-7-20-8-6-16/h5-8H,1-4,9-15H2. The third-order valence-electron chi connectivity index (χ3n) is 5.45. The zero-order valence-electron chi connectivity index (χ0n) is 15.6. The van der Waals surface area contributed by atoms with Crippen LogP contribution in [-0.2, 0) is 30.8 Å². The molecule has 0 N–H and O–H groups in total. The van der Waals surface area contributed by atoms with Crippen LogP contribution in [-0.4, -0.2) is 61.2 Å². The summed E-state index contributed by atoms with van der Waals surface area (Å²) in [4.78, 5) is 33.4. The van der Waals surface area contributed by atoms with Gasteiger partial charge >= 0.3 is 5.69 Å². The van der Waals surface area contributed by atoms with Crippen molar-refractivity contribution >= 4 is 5.91 Å². The molecule has 2 aliphatic heterocycles. The third-order valence-corrected chi connectivity index (χ3v) is 5.45. The lowest BCUT2D eigenvalue weighted by Gasteiger charge is -2.34. The number of pyridine rings is 1. The zero-order chi connectivity index (χ0) is 18.6. The van der Waals surface area contributed by atoms with E-state index in [1.165, 1.54) is 10.2 Å². The molecule has 0 atom stereocenters. The summed E-state index contributed by atoms with van der Waals surface area (Å²) in [6.45, 7) is 4.68. The molecule has 0 aromatic carbocycles. The van der Waals surface area contributed by atoms with Crippen molar-refractivity contribution in [1.82, 2.24) is 29.1 Å². The topological polar surface area (TPSA) is 76.3 Å². The van der Waals surface area contributed by atoms with Crippen molar-refractivity contribution in [3.05, 3.63) is 46.4 Å². The van der Waals surface area contributed by atoms with Crippen molar-refractivity contribution in [2.75, 3.05) is 26.2 Å². The van der Waals surface area contributed by atoms with E-state index in [1.54, 1.807) is 17.0 Å². The Morgan fingerprint density at radius 2 is 1.78 bits per heavy atom. The summed E-state index contributed by atoms with van der Waals surface area (Å²) in [6.07, 6.45) is 7.63. The number of carbonyl (C=O) groups excluding carboxylic acids is 1. The number of piperazine rings is 1. The van der Waals surface area contributed by atoms with Crippen molar-refractivity contribution in [3.8, 4) is 0 Å². The lowest BCUT2D eigenvalue weighted by molar-refractivity contribution is -0.133. The van der Waals surface area contributed by atoms with E-state index in [-0.39, 0.29) is 18.1 Å². The molecule has 27 heavy (non-hydrogen) atoms. The fourth-order valence-electron chi connectivity index (χ4n) is 3.86. The molecule has 1 saturated heterocycles. The second-order valence-electron chi connectivity index (χ2n) is 7.33. The summed E-state index contributed by atoms with van der Waals surface area (Å²) >= 11 is 0. The summed E-state index contributed by atoms with van der Waals surface area (Å²) < 4.78 is 3.10. The van der Waals surface area contributed by atoms with E-state index in [0.717, 1.165) is 57.7 Å². The summed E-state index contributed by atoms with van der Waals surface area (Å²) in [6, 6.07) is 4.04. The number of hydrogen-bond donors (Lipinski definition) is 0. The maximum atomic E-state index is 12.7.